The monoisotopic (exact) mass is 339 g/mol. The average Bonchev–Trinajstić information content (AvgIpc) is 3.24. The summed E-state index contributed by atoms with van der Waals surface area (Å²) in [6, 6.07) is 11.1. The van der Waals surface area contributed by atoms with Crippen LogP contribution < -0.4 is 5.43 Å². The number of aromatic nitrogens is 2. The highest BCUT2D eigenvalue weighted by molar-refractivity contribution is 5.93. The zero-order chi connectivity index (χ0) is 17.8. The summed E-state index contributed by atoms with van der Waals surface area (Å²) in [7, 11) is 0. The number of para-hydroxylation sites is 1. The van der Waals surface area contributed by atoms with Gasteiger partial charge in [-0.15, -0.1) is 0 Å². The molecule has 0 saturated heterocycles. The van der Waals surface area contributed by atoms with Crippen molar-refractivity contribution in [3.05, 3.63) is 69.7 Å². The van der Waals surface area contributed by atoms with E-state index in [0.29, 0.717) is 17.1 Å². The first kappa shape index (κ1) is 16.1. The second kappa shape index (κ2) is 6.79. The molecule has 0 atom stereocenters. The number of nitro groups is 1. The fourth-order valence-corrected chi connectivity index (χ4v) is 2.15. The van der Waals surface area contributed by atoms with Gasteiger partial charge in [0.05, 0.1) is 16.7 Å². The number of nitrogens with one attached hydrogen (secondary N) is 2. The largest absolute Gasteiger partial charge is 0.455 e. The molecule has 9 nitrogen and oxygen atoms in total. The van der Waals surface area contributed by atoms with Crippen LogP contribution >= 0.6 is 0 Å². The Bertz CT molecular complexity index is 957. The molecule has 126 valence electrons. The molecule has 1 aromatic carbocycles. The Labute approximate surface area is 141 Å². The molecule has 0 unspecified atom stereocenters. The number of nitrogens with zero attached hydrogens (tertiary/aromatic N) is 3. The van der Waals surface area contributed by atoms with Crippen molar-refractivity contribution < 1.29 is 14.1 Å². The zero-order valence-corrected chi connectivity index (χ0v) is 13.1. The van der Waals surface area contributed by atoms with E-state index in [1.807, 2.05) is 0 Å². The van der Waals surface area contributed by atoms with Gasteiger partial charge in [-0.25, -0.2) is 5.43 Å². The maximum Gasteiger partial charge on any atom is 0.291 e. The molecule has 0 saturated carbocycles. The Morgan fingerprint density at radius 2 is 2.16 bits per heavy atom. The number of carbonyl (C=O) groups is 1. The predicted molar refractivity (Wildman–Crippen MR) is 89.2 cm³/mol. The first-order valence-electron chi connectivity index (χ1n) is 7.23. The SMILES string of the molecule is Cc1cc(C(=O)N/N=C/c2ccc(-c3ccccc3[N+](=O)[O-])o2)n[nH]1. The van der Waals surface area contributed by atoms with Crippen LogP contribution in [0.15, 0.2) is 52.0 Å². The van der Waals surface area contributed by atoms with Crippen molar-refractivity contribution >= 4 is 17.8 Å². The van der Waals surface area contributed by atoms with Crippen molar-refractivity contribution in [1.82, 2.24) is 15.6 Å². The molecule has 3 rings (SSSR count). The Morgan fingerprint density at radius 3 is 2.88 bits per heavy atom. The normalized spacial score (nSPS) is 10.9. The van der Waals surface area contributed by atoms with Crippen LogP contribution in [0.4, 0.5) is 5.69 Å². The number of hydrazone groups is 1. The molecule has 0 aliphatic rings. The van der Waals surface area contributed by atoms with Gasteiger partial charge in [0.2, 0.25) is 0 Å². The van der Waals surface area contributed by atoms with Gasteiger partial charge in [0.1, 0.15) is 11.5 Å². The molecule has 0 spiro atoms. The van der Waals surface area contributed by atoms with Crippen LogP contribution in [0.1, 0.15) is 21.9 Å². The van der Waals surface area contributed by atoms with Crippen molar-refractivity contribution in [2.24, 2.45) is 5.10 Å². The van der Waals surface area contributed by atoms with E-state index in [2.05, 4.69) is 20.7 Å². The highest BCUT2D eigenvalue weighted by Gasteiger charge is 2.16. The molecule has 0 bridgehead atoms. The minimum atomic E-state index is -0.474. The first-order valence-corrected chi connectivity index (χ1v) is 7.23. The summed E-state index contributed by atoms with van der Waals surface area (Å²) in [5.41, 5.74) is 3.61. The zero-order valence-electron chi connectivity index (χ0n) is 13.1. The van der Waals surface area contributed by atoms with Gasteiger partial charge in [-0.3, -0.25) is 20.0 Å². The third-order valence-electron chi connectivity index (χ3n) is 3.29. The van der Waals surface area contributed by atoms with E-state index < -0.39 is 10.8 Å². The number of furan rings is 1. The quantitative estimate of drug-likeness (QED) is 0.420. The van der Waals surface area contributed by atoms with Crippen LogP contribution in [0.5, 0.6) is 0 Å². The van der Waals surface area contributed by atoms with Gasteiger partial charge in [-0.2, -0.15) is 10.2 Å². The molecule has 2 aromatic heterocycles. The standard InChI is InChI=1S/C16H13N5O4/c1-10-8-13(19-18-10)16(22)20-17-9-11-6-7-15(25-11)12-4-2-3-5-14(12)21(23)24/h2-9H,1H3,(H,18,19)(H,20,22)/b17-9+. The van der Waals surface area contributed by atoms with Crippen molar-refractivity contribution in [2.75, 3.05) is 0 Å². The molecule has 0 aliphatic heterocycles. The number of rotatable bonds is 5. The second-order valence-electron chi connectivity index (χ2n) is 5.11. The third-order valence-corrected chi connectivity index (χ3v) is 3.29. The summed E-state index contributed by atoms with van der Waals surface area (Å²) in [4.78, 5) is 22.4. The fourth-order valence-electron chi connectivity index (χ4n) is 2.15. The topological polar surface area (TPSA) is 126 Å². The highest BCUT2D eigenvalue weighted by atomic mass is 16.6. The van der Waals surface area contributed by atoms with Crippen LogP contribution in [0.2, 0.25) is 0 Å². The van der Waals surface area contributed by atoms with E-state index in [0.717, 1.165) is 5.69 Å². The summed E-state index contributed by atoms with van der Waals surface area (Å²) in [5.74, 6) is 0.209. The molecule has 0 aliphatic carbocycles. The lowest BCUT2D eigenvalue weighted by Crippen LogP contribution is -2.17. The van der Waals surface area contributed by atoms with Gasteiger partial charge in [-0.05, 0) is 31.2 Å². The lowest BCUT2D eigenvalue weighted by atomic mass is 10.1. The maximum atomic E-state index is 11.8. The molecule has 9 heteroatoms. The third kappa shape index (κ3) is 3.61. The van der Waals surface area contributed by atoms with E-state index >= 15 is 0 Å². The molecular formula is C16H13N5O4. The number of hydrogen-bond donors (Lipinski definition) is 2. The number of nitro benzene ring substituents is 1. The summed E-state index contributed by atoms with van der Waals surface area (Å²) in [5, 5.41) is 21.3. The number of carbonyl (C=O) groups excluding carboxylic acids is 1. The molecule has 3 aromatic rings. The van der Waals surface area contributed by atoms with Crippen LogP contribution in [0.25, 0.3) is 11.3 Å². The molecule has 0 radical (unpaired) electrons. The maximum absolute atomic E-state index is 11.8. The molecular weight excluding hydrogens is 326 g/mol. The number of benzene rings is 1. The van der Waals surface area contributed by atoms with Gasteiger partial charge in [-0.1, -0.05) is 12.1 Å². The van der Waals surface area contributed by atoms with Crippen molar-refractivity contribution in [3.63, 3.8) is 0 Å². The Balaban J connectivity index is 1.72. The van der Waals surface area contributed by atoms with Crippen molar-refractivity contribution in [1.29, 1.82) is 0 Å². The Kier molecular flexibility index (Phi) is 4.38. The van der Waals surface area contributed by atoms with E-state index in [4.69, 9.17) is 4.42 Å². The van der Waals surface area contributed by atoms with Crippen LogP contribution in [-0.4, -0.2) is 27.2 Å². The van der Waals surface area contributed by atoms with E-state index in [1.165, 1.54) is 12.3 Å². The van der Waals surface area contributed by atoms with Gasteiger partial charge < -0.3 is 4.42 Å². The minimum Gasteiger partial charge on any atom is -0.455 e. The van der Waals surface area contributed by atoms with Gasteiger partial charge in [0, 0.05) is 11.8 Å². The van der Waals surface area contributed by atoms with E-state index in [9.17, 15) is 14.9 Å². The van der Waals surface area contributed by atoms with Crippen LogP contribution in [0, 0.1) is 17.0 Å². The lowest BCUT2D eigenvalue weighted by molar-refractivity contribution is -0.384. The Morgan fingerprint density at radius 1 is 1.36 bits per heavy atom. The summed E-state index contributed by atoms with van der Waals surface area (Å²) < 4.78 is 5.53. The number of aryl methyl sites for hydroxylation is 1. The highest BCUT2D eigenvalue weighted by Crippen LogP contribution is 2.30. The van der Waals surface area contributed by atoms with Crippen LogP contribution in [-0.2, 0) is 0 Å². The minimum absolute atomic E-state index is 0.0532. The van der Waals surface area contributed by atoms with Gasteiger partial charge in [0.15, 0.2) is 5.69 Å². The first-order chi connectivity index (χ1) is 12.0. The molecule has 1 amide bonds. The van der Waals surface area contributed by atoms with Crippen molar-refractivity contribution in [3.8, 4) is 11.3 Å². The Hall–Kier alpha value is -3.75. The van der Waals surface area contributed by atoms with E-state index in [1.54, 1.807) is 43.3 Å². The molecule has 2 heterocycles. The molecule has 0 fully saturated rings. The van der Waals surface area contributed by atoms with Gasteiger partial charge in [0.25, 0.3) is 11.6 Å². The number of amides is 1. The second-order valence-corrected chi connectivity index (χ2v) is 5.11. The number of aromatic amines is 1. The average molecular weight is 339 g/mol. The molecule has 2 N–H and O–H groups in total. The van der Waals surface area contributed by atoms with Crippen molar-refractivity contribution in [2.45, 2.75) is 6.92 Å². The summed E-state index contributed by atoms with van der Waals surface area (Å²) in [6.45, 7) is 1.78. The number of H-pyrrole nitrogens is 1. The van der Waals surface area contributed by atoms with Crippen LogP contribution in [0.3, 0.4) is 0 Å². The lowest BCUT2D eigenvalue weighted by Gasteiger charge is -1.98. The summed E-state index contributed by atoms with van der Waals surface area (Å²) >= 11 is 0. The molecule has 25 heavy (non-hydrogen) atoms. The summed E-state index contributed by atoms with van der Waals surface area (Å²) in [6.07, 6.45) is 1.30. The fraction of sp³-hybridized carbons (Fsp3) is 0.0625. The predicted octanol–water partition coefficient (Wildman–Crippen LogP) is 2.65. The van der Waals surface area contributed by atoms with Gasteiger partial charge >= 0.3 is 0 Å². The number of hydrogen-bond acceptors (Lipinski definition) is 6. The smallest absolute Gasteiger partial charge is 0.291 e. The van der Waals surface area contributed by atoms with E-state index in [-0.39, 0.29) is 11.4 Å².